The van der Waals surface area contributed by atoms with Crippen LogP contribution in [0.3, 0.4) is 0 Å². The van der Waals surface area contributed by atoms with Crippen molar-refractivity contribution in [2.24, 2.45) is 5.92 Å². The Kier molecular flexibility index (Phi) is 4.84. The first-order chi connectivity index (χ1) is 10.2. The minimum absolute atomic E-state index is 0.0434. The molecule has 116 valence electrons. The van der Waals surface area contributed by atoms with Gasteiger partial charge in [0.2, 0.25) is 0 Å². The number of methoxy groups -OCH3 is 1. The molecule has 0 amide bonds. The lowest BCUT2D eigenvalue weighted by Crippen LogP contribution is -2.53. The highest BCUT2D eigenvalue weighted by molar-refractivity contribution is 9.10. The fourth-order valence-corrected chi connectivity index (χ4v) is 3.09. The maximum Gasteiger partial charge on any atom is 0.119 e. The van der Waals surface area contributed by atoms with E-state index in [0.717, 1.165) is 10.2 Å². The van der Waals surface area contributed by atoms with Crippen LogP contribution in [0.5, 0.6) is 5.75 Å². The molecule has 3 rings (SSSR count). The Morgan fingerprint density at radius 3 is 2.71 bits per heavy atom. The van der Waals surface area contributed by atoms with Gasteiger partial charge in [-0.2, -0.15) is 0 Å². The first-order valence-electron chi connectivity index (χ1n) is 7.35. The molecular formula is C16H21BrO4. The van der Waals surface area contributed by atoms with Crippen molar-refractivity contribution in [1.29, 1.82) is 0 Å². The third kappa shape index (κ3) is 3.77. The second-order valence-corrected chi connectivity index (χ2v) is 6.71. The van der Waals surface area contributed by atoms with Crippen molar-refractivity contribution in [3.05, 3.63) is 28.7 Å². The van der Waals surface area contributed by atoms with Gasteiger partial charge in [-0.3, -0.25) is 0 Å². The molecule has 1 aromatic rings. The Morgan fingerprint density at radius 2 is 2.05 bits per heavy atom. The molecule has 1 heterocycles. The fourth-order valence-electron chi connectivity index (χ4n) is 2.83. The third-order valence-corrected chi connectivity index (χ3v) is 4.54. The molecule has 2 fully saturated rings. The van der Waals surface area contributed by atoms with Gasteiger partial charge in [0.15, 0.2) is 0 Å². The first kappa shape index (κ1) is 15.3. The average Bonchev–Trinajstić information content (AvgIpc) is 3.32. The zero-order chi connectivity index (χ0) is 14.7. The van der Waals surface area contributed by atoms with Crippen LogP contribution in [-0.2, 0) is 14.2 Å². The molecule has 4 nitrogen and oxygen atoms in total. The van der Waals surface area contributed by atoms with Crippen LogP contribution in [0.1, 0.15) is 12.8 Å². The number of ether oxygens (including phenoxy) is 4. The van der Waals surface area contributed by atoms with E-state index in [1.165, 1.54) is 12.8 Å². The van der Waals surface area contributed by atoms with Gasteiger partial charge in [-0.05, 0) is 43.0 Å². The molecule has 1 saturated carbocycles. The Morgan fingerprint density at radius 1 is 1.29 bits per heavy atom. The van der Waals surface area contributed by atoms with Gasteiger partial charge in [-0.25, -0.2) is 0 Å². The summed E-state index contributed by atoms with van der Waals surface area (Å²) in [6, 6.07) is 7.81. The lowest BCUT2D eigenvalue weighted by Gasteiger charge is -2.40. The second kappa shape index (κ2) is 6.65. The maximum atomic E-state index is 6.30. The van der Waals surface area contributed by atoms with Gasteiger partial charge in [-0.1, -0.05) is 15.9 Å². The Balaban J connectivity index is 1.56. The van der Waals surface area contributed by atoms with E-state index < -0.39 is 0 Å². The molecule has 2 atom stereocenters. The monoisotopic (exact) mass is 356 g/mol. The van der Waals surface area contributed by atoms with E-state index in [2.05, 4.69) is 15.9 Å². The summed E-state index contributed by atoms with van der Waals surface area (Å²) in [5, 5.41) is 0. The Bertz CT molecular complexity index is 456. The van der Waals surface area contributed by atoms with Crippen molar-refractivity contribution in [3.63, 3.8) is 0 Å². The van der Waals surface area contributed by atoms with E-state index in [9.17, 15) is 0 Å². The number of hydrogen-bond donors (Lipinski definition) is 0. The predicted octanol–water partition coefficient (Wildman–Crippen LogP) is 3.04. The molecule has 5 heteroatoms. The molecule has 1 aromatic carbocycles. The van der Waals surface area contributed by atoms with Crippen LogP contribution in [0, 0.1) is 5.92 Å². The normalized spacial score (nSPS) is 29.3. The first-order valence-corrected chi connectivity index (χ1v) is 8.14. The molecule has 1 saturated heterocycles. The summed E-state index contributed by atoms with van der Waals surface area (Å²) in [6.07, 6.45) is 2.36. The van der Waals surface area contributed by atoms with Gasteiger partial charge >= 0.3 is 0 Å². The highest BCUT2D eigenvalue weighted by Crippen LogP contribution is 2.44. The summed E-state index contributed by atoms with van der Waals surface area (Å²) >= 11 is 3.41. The quantitative estimate of drug-likeness (QED) is 0.784. The largest absolute Gasteiger partial charge is 0.491 e. The molecule has 2 aliphatic rings. The second-order valence-electron chi connectivity index (χ2n) is 5.79. The third-order valence-electron chi connectivity index (χ3n) is 4.01. The van der Waals surface area contributed by atoms with Crippen LogP contribution in [-0.4, -0.2) is 45.2 Å². The SMILES string of the molecule is COCC1(C2CC2)COCC(COc2ccc(Br)cc2)O1. The van der Waals surface area contributed by atoms with Crippen LogP contribution >= 0.6 is 15.9 Å². The molecular weight excluding hydrogens is 336 g/mol. The molecule has 0 radical (unpaired) electrons. The molecule has 1 aliphatic heterocycles. The Hall–Kier alpha value is -0.620. The summed E-state index contributed by atoms with van der Waals surface area (Å²) in [5.41, 5.74) is -0.277. The zero-order valence-electron chi connectivity index (χ0n) is 12.2. The summed E-state index contributed by atoms with van der Waals surface area (Å²) in [5.74, 6) is 1.41. The molecule has 0 aromatic heterocycles. The molecule has 2 unspecified atom stereocenters. The van der Waals surface area contributed by atoms with Gasteiger partial charge in [0.05, 0.1) is 19.8 Å². The lowest BCUT2D eigenvalue weighted by atomic mass is 9.98. The van der Waals surface area contributed by atoms with Gasteiger partial charge in [0.25, 0.3) is 0 Å². The van der Waals surface area contributed by atoms with Crippen molar-refractivity contribution >= 4 is 15.9 Å². The average molecular weight is 357 g/mol. The maximum absolute atomic E-state index is 6.30. The van der Waals surface area contributed by atoms with Crippen molar-refractivity contribution < 1.29 is 18.9 Å². The molecule has 0 N–H and O–H groups in total. The van der Waals surface area contributed by atoms with Crippen LogP contribution in [0.4, 0.5) is 0 Å². The van der Waals surface area contributed by atoms with Gasteiger partial charge in [0, 0.05) is 11.6 Å². The minimum atomic E-state index is -0.277. The topological polar surface area (TPSA) is 36.9 Å². The summed E-state index contributed by atoms with van der Waals surface area (Å²) in [6.45, 7) is 2.29. The predicted molar refractivity (Wildman–Crippen MR) is 82.7 cm³/mol. The number of hydrogen-bond acceptors (Lipinski definition) is 4. The van der Waals surface area contributed by atoms with Crippen LogP contribution in [0.15, 0.2) is 28.7 Å². The number of benzene rings is 1. The van der Waals surface area contributed by atoms with E-state index in [1.807, 2.05) is 24.3 Å². The smallest absolute Gasteiger partial charge is 0.119 e. The Labute approximate surface area is 133 Å². The minimum Gasteiger partial charge on any atom is -0.491 e. The van der Waals surface area contributed by atoms with Gasteiger partial charge < -0.3 is 18.9 Å². The van der Waals surface area contributed by atoms with Crippen molar-refractivity contribution in [2.45, 2.75) is 24.5 Å². The van der Waals surface area contributed by atoms with E-state index in [-0.39, 0.29) is 11.7 Å². The van der Waals surface area contributed by atoms with Gasteiger partial charge in [0.1, 0.15) is 24.1 Å². The van der Waals surface area contributed by atoms with Crippen molar-refractivity contribution in [3.8, 4) is 5.75 Å². The molecule has 0 spiro atoms. The van der Waals surface area contributed by atoms with E-state index >= 15 is 0 Å². The summed E-state index contributed by atoms with van der Waals surface area (Å²) in [4.78, 5) is 0. The van der Waals surface area contributed by atoms with Crippen molar-refractivity contribution in [2.75, 3.05) is 33.5 Å². The van der Waals surface area contributed by atoms with E-state index in [0.29, 0.717) is 32.3 Å². The highest BCUT2D eigenvalue weighted by atomic mass is 79.9. The molecule has 0 bridgehead atoms. The summed E-state index contributed by atoms with van der Waals surface area (Å²) in [7, 11) is 1.72. The fraction of sp³-hybridized carbons (Fsp3) is 0.625. The highest BCUT2D eigenvalue weighted by Gasteiger charge is 2.50. The lowest BCUT2D eigenvalue weighted by molar-refractivity contribution is -0.230. The zero-order valence-corrected chi connectivity index (χ0v) is 13.8. The van der Waals surface area contributed by atoms with Crippen LogP contribution in [0.25, 0.3) is 0 Å². The number of rotatable bonds is 6. The van der Waals surface area contributed by atoms with E-state index in [4.69, 9.17) is 18.9 Å². The number of halogens is 1. The van der Waals surface area contributed by atoms with Crippen molar-refractivity contribution in [1.82, 2.24) is 0 Å². The van der Waals surface area contributed by atoms with Crippen LogP contribution < -0.4 is 4.74 Å². The molecule has 1 aliphatic carbocycles. The standard InChI is InChI=1S/C16H21BrO4/c1-18-10-16(12-2-3-12)11-19-8-15(21-16)9-20-14-6-4-13(17)5-7-14/h4-7,12,15H,2-3,8-11H2,1H3. The van der Waals surface area contributed by atoms with E-state index in [1.54, 1.807) is 7.11 Å². The summed E-state index contributed by atoms with van der Waals surface area (Å²) < 4.78 is 24.3. The van der Waals surface area contributed by atoms with Gasteiger partial charge in [-0.15, -0.1) is 0 Å². The molecule has 21 heavy (non-hydrogen) atoms. The van der Waals surface area contributed by atoms with Crippen LogP contribution in [0.2, 0.25) is 0 Å².